The van der Waals surface area contributed by atoms with Crippen molar-refractivity contribution in [1.82, 2.24) is 0 Å². The van der Waals surface area contributed by atoms with Crippen molar-refractivity contribution in [2.24, 2.45) is 16.7 Å². The third kappa shape index (κ3) is 1.90. The molecular weight excluding hydrogens is 160 g/mol. The lowest BCUT2D eigenvalue weighted by Crippen LogP contribution is -2.46. The number of rotatable bonds is 1. The van der Waals surface area contributed by atoms with Crippen molar-refractivity contribution < 1.29 is 4.74 Å². The first kappa shape index (κ1) is 11.0. The van der Waals surface area contributed by atoms with E-state index in [0.717, 1.165) is 13.2 Å². The molecule has 13 heavy (non-hydrogen) atoms. The van der Waals surface area contributed by atoms with E-state index < -0.39 is 0 Å². The van der Waals surface area contributed by atoms with Gasteiger partial charge in [0.2, 0.25) is 0 Å². The van der Waals surface area contributed by atoms with Crippen molar-refractivity contribution >= 4 is 0 Å². The summed E-state index contributed by atoms with van der Waals surface area (Å²) in [6.45, 7) is 13.6. The van der Waals surface area contributed by atoms with Crippen LogP contribution < -0.4 is 0 Å². The van der Waals surface area contributed by atoms with Gasteiger partial charge in [0.25, 0.3) is 0 Å². The van der Waals surface area contributed by atoms with Crippen molar-refractivity contribution in [3.63, 3.8) is 0 Å². The van der Waals surface area contributed by atoms with Gasteiger partial charge in [-0.2, -0.15) is 0 Å². The molecule has 1 heteroatoms. The van der Waals surface area contributed by atoms with Gasteiger partial charge in [-0.15, -0.1) is 0 Å². The van der Waals surface area contributed by atoms with Crippen LogP contribution in [-0.2, 0) is 4.74 Å². The maximum absolute atomic E-state index is 5.67. The summed E-state index contributed by atoms with van der Waals surface area (Å²) in [5.74, 6) is 0.716. The molecule has 0 bridgehead atoms. The van der Waals surface area contributed by atoms with Gasteiger partial charge in [-0.3, -0.25) is 0 Å². The average molecular weight is 184 g/mol. The second-order valence-corrected chi connectivity index (χ2v) is 5.72. The van der Waals surface area contributed by atoms with Gasteiger partial charge in [0.05, 0.1) is 6.61 Å². The summed E-state index contributed by atoms with van der Waals surface area (Å²) >= 11 is 0. The molecule has 0 saturated carbocycles. The Bertz CT molecular complexity index is 158. The van der Waals surface area contributed by atoms with Crippen molar-refractivity contribution in [2.45, 2.75) is 47.5 Å². The molecule has 0 amide bonds. The molecule has 1 unspecified atom stereocenters. The molecule has 1 fully saturated rings. The van der Waals surface area contributed by atoms with Crippen LogP contribution in [0.1, 0.15) is 47.5 Å². The summed E-state index contributed by atoms with van der Waals surface area (Å²) in [4.78, 5) is 0. The molecule has 1 heterocycles. The smallest absolute Gasteiger partial charge is 0.0529 e. The highest BCUT2D eigenvalue weighted by Gasteiger charge is 2.45. The zero-order valence-corrected chi connectivity index (χ0v) is 9.81. The average Bonchev–Trinajstić information content (AvgIpc) is 2.03. The van der Waals surface area contributed by atoms with E-state index in [1.807, 2.05) is 0 Å². The normalized spacial score (nSPS) is 30.9. The molecule has 0 aromatic carbocycles. The molecule has 0 aromatic heterocycles. The van der Waals surface area contributed by atoms with Crippen molar-refractivity contribution in [3.8, 4) is 0 Å². The zero-order valence-electron chi connectivity index (χ0n) is 9.81. The lowest BCUT2D eigenvalue weighted by molar-refractivity contribution is -0.0983. The van der Waals surface area contributed by atoms with E-state index in [9.17, 15) is 0 Å². The first-order valence-electron chi connectivity index (χ1n) is 5.48. The molecule has 0 spiro atoms. The third-order valence-electron chi connectivity index (χ3n) is 3.87. The number of hydrogen-bond donors (Lipinski definition) is 0. The Hall–Kier alpha value is -0.0400. The Labute approximate surface area is 82.9 Å². The zero-order chi connectivity index (χ0) is 10.1. The minimum absolute atomic E-state index is 0.363. The second kappa shape index (κ2) is 3.61. The lowest BCUT2D eigenvalue weighted by atomic mass is 9.58. The minimum atomic E-state index is 0.363. The first-order chi connectivity index (χ1) is 5.90. The monoisotopic (exact) mass is 184 g/mol. The molecule has 78 valence electrons. The van der Waals surface area contributed by atoms with E-state index in [2.05, 4.69) is 34.6 Å². The van der Waals surface area contributed by atoms with E-state index in [-0.39, 0.29) is 0 Å². The summed E-state index contributed by atoms with van der Waals surface area (Å²) in [5, 5.41) is 0. The van der Waals surface area contributed by atoms with E-state index in [1.165, 1.54) is 12.8 Å². The topological polar surface area (TPSA) is 9.23 Å². The third-order valence-corrected chi connectivity index (χ3v) is 3.87. The molecule has 1 nitrogen and oxygen atoms in total. The predicted octanol–water partition coefficient (Wildman–Crippen LogP) is 3.49. The molecule has 0 N–H and O–H groups in total. The largest absolute Gasteiger partial charge is 0.381 e. The molecule has 0 aliphatic carbocycles. The van der Waals surface area contributed by atoms with Gasteiger partial charge in [-0.1, -0.05) is 34.6 Å². The Kier molecular flexibility index (Phi) is 3.06. The van der Waals surface area contributed by atoms with Crippen molar-refractivity contribution in [1.29, 1.82) is 0 Å². The molecule has 0 aromatic rings. The highest BCUT2D eigenvalue weighted by atomic mass is 16.5. The Morgan fingerprint density at radius 3 is 2.08 bits per heavy atom. The van der Waals surface area contributed by atoms with E-state index in [1.54, 1.807) is 0 Å². The maximum atomic E-state index is 5.67. The summed E-state index contributed by atoms with van der Waals surface area (Å²) < 4.78 is 5.67. The highest BCUT2D eigenvalue weighted by molar-refractivity contribution is 4.94. The van der Waals surface area contributed by atoms with Gasteiger partial charge in [-0.05, 0) is 24.2 Å². The van der Waals surface area contributed by atoms with Crippen molar-refractivity contribution in [3.05, 3.63) is 0 Å². The standard InChI is InChI=1S/C12H24O/c1-10(2)12(11(3,4)5)7-6-8-13-9-12/h10H,6-9H2,1-5H3. The van der Waals surface area contributed by atoms with Crippen molar-refractivity contribution in [2.75, 3.05) is 13.2 Å². The van der Waals surface area contributed by atoms with Crippen LogP contribution in [0, 0.1) is 16.7 Å². The molecule has 0 radical (unpaired) electrons. The van der Waals surface area contributed by atoms with Gasteiger partial charge < -0.3 is 4.74 Å². The van der Waals surface area contributed by atoms with E-state index >= 15 is 0 Å². The fourth-order valence-corrected chi connectivity index (χ4v) is 2.73. The minimum Gasteiger partial charge on any atom is -0.381 e. The Morgan fingerprint density at radius 2 is 1.85 bits per heavy atom. The van der Waals surface area contributed by atoms with Gasteiger partial charge in [0.15, 0.2) is 0 Å². The second-order valence-electron chi connectivity index (χ2n) is 5.72. The van der Waals surface area contributed by atoms with Gasteiger partial charge in [0.1, 0.15) is 0 Å². The summed E-state index contributed by atoms with van der Waals surface area (Å²) in [6, 6.07) is 0. The lowest BCUT2D eigenvalue weighted by Gasteiger charge is -2.50. The van der Waals surface area contributed by atoms with Crippen LogP contribution in [0.25, 0.3) is 0 Å². The highest BCUT2D eigenvalue weighted by Crippen LogP contribution is 2.49. The van der Waals surface area contributed by atoms with Crippen LogP contribution >= 0.6 is 0 Å². The van der Waals surface area contributed by atoms with Crippen LogP contribution in [-0.4, -0.2) is 13.2 Å². The number of hydrogen-bond acceptors (Lipinski definition) is 1. The van der Waals surface area contributed by atoms with Gasteiger partial charge >= 0.3 is 0 Å². The van der Waals surface area contributed by atoms with Crippen LogP contribution in [0.2, 0.25) is 0 Å². The summed E-state index contributed by atoms with van der Waals surface area (Å²) in [7, 11) is 0. The molecular formula is C12H24O. The van der Waals surface area contributed by atoms with Gasteiger partial charge in [-0.25, -0.2) is 0 Å². The SMILES string of the molecule is CC(C)C1(C(C)(C)C)CCCOC1. The van der Waals surface area contributed by atoms with Crippen LogP contribution in [0.15, 0.2) is 0 Å². The fourth-order valence-electron chi connectivity index (χ4n) is 2.73. The molecule has 1 aliphatic heterocycles. The molecule has 1 atom stereocenters. The van der Waals surface area contributed by atoms with Crippen LogP contribution in [0.4, 0.5) is 0 Å². The maximum Gasteiger partial charge on any atom is 0.0529 e. The predicted molar refractivity (Wildman–Crippen MR) is 56.8 cm³/mol. The van der Waals surface area contributed by atoms with E-state index in [4.69, 9.17) is 4.74 Å². The quantitative estimate of drug-likeness (QED) is 0.606. The van der Waals surface area contributed by atoms with Gasteiger partial charge in [0, 0.05) is 12.0 Å². The Morgan fingerprint density at radius 1 is 1.23 bits per heavy atom. The Balaban J connectivity index is 2.86. The summed E-state index contributed by atoms with van der Waals surface area (Å²) in [5.41, 5.74) is 0.757. The fraction of sp³-hybridized carbons (Fsp3) is 1.00. The molecule has 1 rings (SSSR count). The van der Waals surface area contributed by atoms with Crippen LogP contribution in [0.5, 0.6) is 0 Å². The summed E-state index contributed by atoms with van der Waals surface area (Å²) in [6.07, 6.45) is 2.56. The van der Waals surface area contributed by atoms with E-state index in [0.29, 0.717) is 16.7 Å². The first-order valence-corrected chi connectivity index (χ1v) is 5.48. The van der Waals surface area contributed by atoms with Crippen LogP contribution in [0.3, 0.4) is 0 Å². The molecule has 1 saturated heterocycles. The molecule has 1 aliphatic rings. The number of ether oxygens (including phenoxy) is 1.